The van der Waals surface area contributed by atoms with Crippen molar-refractivity contribution < 1.29 is 18.5 Å². The van der Waals surface area contributed by atoms with Gasteiger partial charge in [-0.15, -0.1) is 0 Å². The van der Waals surface area contributed by atoms with E-state index in [1.54, 1.807) is 6.92 Å². The fourth-order valence-corrected chi connectivity index (χ4v) is 2.41. The normalized spacial score (nSPS) is 18.5. The van der Waals surface area contributed by atoms with Crippen LogP contribution in [0.15, 0.2) is 0 Å². The SMILES string of the molecule is CCC(Cl)(Cl)OP(=O)(O)OCC(Br)CBr. The summed E-state index contributed by atoms with van der Waals surface area (Å²) in [6, 6.07) is 0. The van der Waals surface area contributed by atoms with Gasteiger partial charge in [-0.3, -0.25) is 4.52 Å². The summed E-state index contributed by atoms with van der Waals surface area (Å²) in [5.41, 5.74) is 0. The van der Waals surface area contributed by atoms with Gasteiger partial charge >= 0.3 is 7.82 Å². The standard InChI is InChI=1S/C6H11Br2Cl2O4P/c1-2-6(9,10)14-15(11,12)13-4-5(8)3-7/h5H,2-4H2,1H3,(H,11,12). The third kappa shape index (κ3) is 8.38. The molecule has 0 spiro atoms. The molecule has 2 unspecified atom stereocenters. The largest absolute Gasteiger partial charge is 0.474 e. The van der Waals surface area contributed by atoms with E-state index in [2.05, 4.69) is 40.9 Å². The summed E-state index contributed by atoms with van der Waals surface area (Å²) in [6.45, 7) is 1.62. The average Bonchev–Trinajstić information content (AvgIpc) is 2.13. The van der Waals surface area contributed by atoms with Crippen LogP contribution < -0.4 is 0 Å². The van der Waals surface area contributed by atoms with Crippen molar-refractivity contribution in [3.05, 3.63) is 0 Å². The van der Waals surface area contributed by atoms with E-state index in [4.69, 9.17) is 23.2 Å². The van der Waals surface area contributed by atoms with Gasteiger partial charge < -0.3 is 4.89 Å². The maximum absolute atomic E-state index is 11.3. The molecule has 0 aromatic carbocycles. The van der Waals surface area contributed by atoms with Crippen LogP contribution in [0.25, 0.3) is 0 Å². The van der Waals surface area contributed by atoms with E-state index in [-0.39, 0.29) is 17.9 Å². The number of hydrogen-bond donors (Lipinski definition) is 1. The summed E-state index contributed by atoms with van der Waals surface area (Å²) >= 11 is 17.5. The van der Waals surface area contributed by atoms with Gasteiger partial charge in [-0.2, -0.15) is 0 Å². The van der Waals surface area contributed by atoms with Crippen LogP contribution >= 0.6 is 62.9 Å². The molecule has 0 fully saturated rings. The van der Waals surface area contributed by atoms with E-state index in [1.165, 1.54) is 0 Å². The van der Waals surface area contributed by atoms with E-state index in [9.17, 15) is 9.46 Å². The first kappa shape index (κ1) is 16.6. The van der Waals surface area contributed by atoms with Crippen molar-refractivity contribution in [1.82, 2.24) is 0 Å². The lowest BCUT2D eigenvalue weighted by atomic mass is 10.5. The smallest absolute Gasteiger partial charge is 0.302 e. The summed E-state index contributed by atoms with van der Waals surface area (Å²) in [4.78, 5) is 9.14. The van der Waals surface area contributed by atoms with Gasteiger partial charge in [-0.1, -0.05) is 62.0 Å². The molecule has 0 saturated carbocycles. The molecule has 0 rings (SSSR count). The van der Waals surface area contributed by atoms with Crippen molar-refractivity contribution >= 4 is 62.9 Å². The highest BCUT2D eigenvalue weighted by Crippen LogP contribution is 2.51. The number of rotatable bonds is 7. The van der Waals surface area contributed by atoms with Gasteiger partial charge in [0.05, 0.1) is 6.61 Å². The zero-order valence-corrected chi connectivity index (χ0v) is 13.4. The Hall–Kier alpha value is 1.65. The fourth-order valence-electron chi connectivity index (χ4n) is 0.479. The monoisotopic (exact) mass is 406 g/mol. The maximum atomic E-state index is 11.3. The molecule has 9 heteroatoms. The van der Waals surface area contributed by atoms with Gasteiger partial charge in [0, 0.05) is 16.6 Å². The number of hydrogen-bond acceptors (Lipinski definition) is 3. The van der Waals surface area contributed by atoms with Crippen molar-refractivity contribution in [3.8, 4) is 0 Å². The molecule has 15 heavy (non-hydrogen) atoms. The van der Waals surface area contributed by atoms with Crippen LogP contribution in [-0.4, -0.2) is 26.2 Å². The van der Waals surface area contributed by atoms with E-state index in [0.29, 0.717) is 5.33 Å². The molecule has 0 aromatic rings. The highest BCUT2D eigenvalue weighted by Gasteiger charge is 2.35. The minimum Gasteiger partial charge on any atom is -0.302 e. The van der Waals surface area contributed by atoms with E-state index >= 15 is 0 Å². The molecule has 0 amide bonds. The molecule has 1 N–H and O–H groups in total. The second kappa shape index (κ2) is 7.17. The lowest BCUT2D eigenvalue weighted by Gasteiger charge is -2.21. The minimum atomic E-state index is -4.21. The summed E-state index contributed by atoms with van der Waals surface area (Å²) in [5.74, 6) is 0. The lowest BCUT2D eigenvalue weighted by Crippen LogP contribution is -2.17. The Bertz CT molecular complexity index is 241. The molecule has 0 aliphatic rings. The zero-order valence-electron chi connectivity index (χ0n) is 7.83. The van der Waals surface area contributed by atoms with E-state index in [0.717, 1.165) is 0 Å². The first-order valence-corrected chi connectivity index (χ1v) is 8.27. The quantitative estimate of drug-likeness (QED) is 0.514. The van der Waals surface area contributed by atoms with Crippen LogP contribution in [0.2, 0.25) is 0 Å². The predicted octanol–water partition coefficient (Wildman–Crippen LogP) is 3.82. The van der Waals surface area contributed by atoms with Crippen LogP contribution in [0.5, 0.6) is 0 Å². The molecule has 0 aliphatic carbocycles. The van der Waals surface area contributed by atoms with Crippen molar-refractivity contribution in [1.29, 1.82) is 0 Å². The molecule has 2 atom stereocenters. The van der Waals surface area contributed by atoms with Gasteiger partial charge in [0.2, 0.25) is 4.52 Å². The summed E-state index contributed by atoms with van der Waals surface area (Å²) < 4.78 is 18.8. The first-order chi connectivity index (χ1) is 6.72. The molecule has 0 aliphatic heterocycles. The van der Waals surface area contributed by atoms with Crippen LogP contribution in [0, 0.1) is 0 Å². The van der Waals surface area contributed by atoms with Gasteiger partial charge in [0.15, 0.2) is 0 Å². The summed E-state index contributed by atoms with van der Waals surface area (Å²) in [6.07, 6.45) is 0.167. The third-order valence-electron chi connectivity index (χ3n) is 1.25. The second-order valence-corrected chi connectivity index (χ2v) is 7.33. The Morgan fingerprint density at radius 3 is 2.53 bits per heavy atom. The Balaban J connectivity index is 4.14. The summed E-state index contributed by atoms with van der Waals surface area (Å²) in [7, 11) is -4.21. The van der Waals surface area contributed by atoms with Crippen LogP contribution in [0.4, 0.5) is 0 Å². The topological polar surface area (TPSA) is 55.8 Å². The average molecular weight is 409 g/mol. The lowest BCUT2D eigenvalue weighted by molar-refractivity contribution is 0.120. The molecule has 92 valence electrons. The van der Waals surface area contributed by atoms with Crippen molar-refractivity contribution in [2.75, 3.05) is 11.9 Å². The van der Waals surface area contributed by atoms with Crippen LogP contribution in [-0.2, 0) is 13.6 Å². The van der Waals surface area contributed by atoms with E-state index < -0.39 is 12.3 Å². The van der Waals surface area contributed by atoms with Crippen molar-refractivity contribution in [2.24, 2.45) is 0 Å². The first-order valence-electron chi connectivity index (χ1n) is 3.98. The van der Waals surface area contributed by atoms with Gasteiger partial charge in [0.1, 0.15) is 0 Å². The minimum absolute atomic E-state index is 0.00655. The fraction of sp³-hybridized carbons (Fsp3) is 1.00. The maximum Gasteiger partial charge on any atom is 0.474 e. The zero-order chi connectivity index (χ0) is 12.1. The Labute approximate surface area is 115 Å². The number of phosphoric acid groups is 1. The summed E-state index contributed by atoms with van der Waals surface area (Å²) in [5, 5.41) is 0.577. The Morgan fingerprint density at radius 2 is 2.13 bits per heavy atom. The molecule has 0 bridgehead atoms. The van der Waals surface area contributed by atoms with E-state index in [1.807, 2.05) is 0 Å². The molecule has 0 aromatic heterocycles. The molecule has 4 nitrogen and oxygen atoms in total. The molecular formula is C6H11Br2Cl2O4P. The Kier molecular flexibility index (Phi) is 7.95. The second-order valence-electron chi connectivity index (χ2n) is 2.60. The number of phosphoric ester groups is 1. The van der Waals surface area contributed by atoms with Gasteiger partial charge in [-0.25, -0.2) is 9.09 Å². The molecule has 0 heterocycles. The predicted molar refractivity (Wildman–Crippen MR) is 68.1 cm³/mol. The highest BCUT2D eigenvalue weighted by atomic mass is 79.9. The molecule has 0 saturated heterocycles. The number of alkyl halides is 4. The van der Waals surface area contributed by atoms with Crippen LogP contribution in [0.3, 0.4) is 0 Å². The van der Waals surface area contributed by atoms with Gasteiger partial charge in [-0.05, 0) is 0 Å². The van der Waals surface area contributed by atoms with Crippen molar-refractivity contribution in [2.45, 2.75) is 22.7 Å². The number of halogens is 4. The molecular weight excluding hydrogens is 398 g/mol. The highest BCUT2D eigenvalue weighted by molar-refractivity contribution is 9.12. The third-order valence-corrected chi connectivity index (χ3v) is 5.41. The Morgan fingerprint density at radius 1 is 1.60 bits per heavy atom. The van der Waals surface area contributed by atoms with Crippen LogP contribution in [0.1, 0.15) is 13.3 Å². The molecule has 0 radical (unpaired) electrons. The van der Waals surface area contributed by atoms with Crippen molar-refractivity contribution in [3.63, 3.8) is 0 Å². The van der Waals surface area contributed by atoms with Gasteiger partial charge in [0.25, 0.3) is 0 Å².